The zero-order valence-electron chi connectivity index (χ0n) is 11.1. The van der Waals surface area contributed by atoms with Crippen LogP contribution in [0.25, 0.3) is 0 Å². The van der Waals surface area contributed by atoms with Crippen LogP contribution in [0.1, 0.15) is 40.5 Å². The molecule has 0 saturated carbocycles. The van der Waals surface area contributed by atoms with E-state index in [0.29, 0.717) is 0 Å². The van der Waals surface area contributed by atoms with Crippen LogP contribution in [0, 0.1) is 0 Å². The average molecular weight is 257 g/mol. The standard InChI is InChI=1S/C12H19NO5/c1-11(2,3)18-9(15)12(4)6-5-8(14)7-13(12)10(16)17/h5-7H2,1-4H3,(H,16,17)/t12-/m0/s1. The highest BCUT2D eigenvalue weighted by molar-refractivity contribution is 5.92. The van der Waals surface area contributed by atoms with Crippen LogP contribution in [-0.2, 0) is 14.3 Å². The smallest absolute Gasteiger partial charge is 0.408 e. The highest BCUT2D eigenvalue weighted by Gasteiger charge is 2.48. The quantitative estimate of drug-likeness (QED) is 0.718. The molecular formula is C12H19NO5. The normalized spacial score (nSPS) is 24.9. The number of hydrogen-bond donors (Lipinski definition) is 1. The molecule has 1 rings (SSSR count). The van der Waals surface area contributed by atoms with Gasteiger partial charge in [-0.2, -0.15) is 0 Å². The van der Waals surface area contributed by atoms with Crippen LogP contribution >= 0.6 is 0 Å². The van der Waals surface area contributed by atoms with E-state index in [1.807, 2.05) is 0 Å². The van der Waals surface area contributed by atoms with Crippen molar-refractivity contribution in [3.63, 3.8) is 0 Å². The van der Waals surface area contributed by atoms with Crippen molar-refractivity contribution in [3.05, 3.63) is 0 Å². The Balaban J connectivity index is 2.97. The van der Waals surface area contributed by atoms with Crippen LogP contribution in [0.5, 0.6) is 0 Å². The summed E-state index contributed by atoms with van der Waals surface area (Å²) >= 11 is 0. The van der Waals surface area contributed by atoms with Gasteiger partial charge in [-0.1, -0.05) is 0 Å². The van der Waals surface area contributed by atoms with Gasteiger partial charge < -0.3 is 9.84 Å². The number of ether oxygens (including phenoxy) is 1. The third-order valence-corrected chi connectivity index (χ3v) is 2.89. The van der Waals surface area contributed by atoms with Crippen LogP contribution < -0.4 is 0 Å². The van der Waals surface area contributed by atoms with Crippen molar-refractivity contribution in [2.45, 2.75) is 51.7 Å². The molecule has 0 spiro atoms. The van der Waals surface area contributed by atoms with Gasteiger partial charge in [0.25, 0.3) is 0 Å². The number of carbonyl (C=O) groups is 3. The molecule has 0 radical (unpaired) electrons. The first-order valence-corrected chi connectivity index (χ1v) is 5.82. The van der Waals surface area contributed by atoms with E-state index < -0.39 is 23.2 Å². The number of hydrogen-bond acceptors (Lipinski definition) is 4. The van der Waals surface area contributed by atoms with Crippen molar-refractivity contribution in [2.75, 3.05) is 6.54 Å². The van der Waals surface area contributed by atoms with Gasteiger partial charge in [0, 0.05) is 6.42 Å². The molecule has 0 unspecified atom stereocenters. The Morgan fingerprint density at radius 2 is 1.94 bits per heavy atom. The van der Waals surface area contributed by atoms with E-state index in [4.69, 9.17) is 9.84 Å². The highest BCUT2D eigenvalue weighted by atomic mass is 16.6. The molecule has 0 aromatic rings. The molecule has 0 aromatic heterocycles. The van der Waals surface area contributed by atoms with E-state index in [-0.39, 0.29) is 25.2 Å². The lowest BCUT2D eigenvalue weighted by Crippen LogP contribution is -2.60. The molecule has 1 fully saturated rings. The minimum absolute atomic E-state index is 0.160. The first kappa shape index (κ1) is 14.5. The summed E-state index contributed by atoms with van der Waals surface area (Å²) in [5.41, 5.74) is -1.97. The van der Waals surface area contributed by atoms with Crippen LogP contribution in [0.3, 0.4) is 0 Å². The summed E-state index contributed by atoms with van der Waals surface area (Å²) in [6.45, 7) is 6.39. The van der Waals surface area contributed by atoms with Crippen molar-refractivity contribution >= 4 is 17.8 Å². The van der Waals surface area contributed by atoms with Gasteiger partial charge >= 0.3 is 12.1 Å². The molecule has 1 N–H and O–H groups in total. The molecule has 1 saturated heterocycles. The maximum Gasteiger partial charge on any atom is 0.408 e. The highest BCUT2D eigenvalue weighted by Crippen LogP contribution is 2.29. The first-order chi connectivity index (χ1) is 8.06. The molecular weight excluding hydrogens is 238 g/mol. The second kappa shape index (κ2) is 4.59. The molecule has 102 valence electrons. The number of esters is 1. The number of ketones is 1. The summed E-state index contributed by atoms with van der Waals surface area (Å²) in [5.74, 6) is -0.789. The van der Waals surface area contributed by atoms with Crippen LogP contribution in [-0.4, -0.2) is 45.5 Å². The molecule has 1 aliphatic rings. The first-order valence-electron chi connectivity index (χ1n) is 5.82. The summed E-state index contributed by atoms with van der Waals surface area (Å²) in [6, 6.07) is 0. The van der Waals surface area contributed by atoms with E-state index in [1.54, 1.807) is 20.8 Å². The Labute approximate surface area is 106 Å². The summed E-state index contributed by atoms with van der Waals surface area (Å²) in [7, 11) is 0. The summed E-state index contributed by atoms with van der Waals surface area (Å²) in [4.78, 5) is 35.5. The van der Waals surface area contributed by atoms with Crippen molar-refractivity contribution < 1.29 is 24.2 Å². The average Bonchev–Trinajstić information content (AvgIpc) is 2.19. The van der Waals surface area contributed by atoms with E-state index in [2.05, 4.69) is 0 Å². The molecule has 18 heavy (non-hydrogen) atoms. The van der Waals surface area contributed by atoms with Crippen molar-refractivity contribution in [2.24, 2.45) is 0 Å². The molecule has 1 heterocycles. The van der Waals surface area contributed by atoms with Gasteiger partial charge in [-0.25, -0.2) is 9.59 Å². The van der Waals surface area contributed by atoms with Crippen molar-refractivity contribution in [3.8, 4) is 0 Å². The fourth-order valence-electron chi connectivity index (χ4n) is 1.83. The Morgan fingerprint density at radius 1 is 1.39 bits per heavy atom. The number of piperidine rings is 1. The van der Waals surface area contributed by atoms with E-state index in [1.165, 1.54) is 6.92 Å². The van der Waals surface area contributed by atoms with Gasteiger partial charge in [0.2, 0.25) is 0 Å². The van der Waals surface area contributed by atoms with Crippen molar-refractivity contribution in [1.82, 2.24) is 4.90 Å². The predicted molar refractivity (Wildman–Crippen MR) is 63.2 cm³/mol. The van der Waals surface area contributed by atoms with Crippen LogP contribution in [0.2, 0.25) is 0 Å². The third-order valence-electron chi connectivity index (χ3n) is 2.89. The predicted octanol–water partition coefficient (Wildman–Crippen LogP) is 1.43. The lowest BCUT2D eigenvalue weighted by atomic mass is 9.88. The van der Waals surface area contributed by atoms with Crippen LogP contribution in [0.15, 0.2) is 0 Å². The molecule has 6 heteroatoms. The van der Waals surface area contributed by atoms with Gasteiger partial charge in [0.15, 0.2) is 5.78 Å². The topological polar surface area (TPSA) is 83.9 Å². The van der Waals surface area contributed by atoms with E-state index in [9.17, 15) is 14.4 Å². The molecule has 1 atom stereocenters. The Morgan fingerprint density at radius 3 is 2.39 bits per heavy atom. The van der Waals surface area contributed by atoms with Gasteiger partial charge in [0.1, 0.15) is 11.1 Å². The second-order valence-electron chi connectivity index (χ2n) is 5.68. The molecule has 0 aliphatic carbocycles. The lowest BCUT2D eigenvalue weighted by molar-refractivity contribution is -0.170. The second-order valence-corrected chi connectivity index (χ2v) is 5.68. The van der Waals surface area contributed by atoms with Gasteiger partial charge in [-0.05, 0) is 34.1 Å². The molecule has 0 aromatic carbocycles. The summed E-state index contributed by atoms with van der Waals surface area (Å²) < 4.78 is 5.24. The monoisotopic (exact) mass is 257 g/mol. The fourth-order valence-corrected chi connectivity index (χ4v) is 1.83. The molecule has 0 bridgehead atoms. The minimum Gasteiger partial charge on any atom is -0.465 e. The number of carbonyl (C=O) groups excluding carboxylic acids is 2. The Kier molecular flexibility index (Phi) is 3.69. The largest absolute Gasteiger partial charge is 0.465 e. The number of nitrogens with zero attached hydrogens (tertiary/aromatic N) is 1. The number of Topliss-reactive ketones (excluding diaryl/α,β-unsaturated/α-hetero) is 1. The zero-order valence-corrected chi connectivity index (χ0v) is 11.1. The number of rotatable bonds is 1. The van der Waals surface area contributed by atoms with E-state index in [0.717, 1.165) is 4.90 Å². The molecule has 1 amide bonds. The Bertz CT molecular complexity index is 384. The maximum absolute atomic E-state index is 12.1. The van der Waals surface area contributed by atoms with Gasteiger partial charge in [-0.15, -0.1) is 0 Å². The number of likely N-dealkylation sites (tertiary alicyclic amines) is 1. The lowest BCUT2D eigenvalue weighted by Gasteiger charge is -2.41. The zero-order chi connectivity index (χ0) is 14.1. The van der Waals surface area contributed by atoms with Crippen molar-refractivity contribution in [1.29, 1.82) is 0 Å². The van der Waals surface area contributed by atoms with Gasteiger partial charge in [-0.3, -0.25) is 9.69 Å². The third kappa shape index (κ3) is 3.00. The molecule has 1 aliphatic heterocycles. The SMILES string of the molecule is CC(C)(C)OC(=O)[C@]1(C)CCC(=O)CN1C(=O)O. The number of carboxylic acid groups (broad SMARTS) is 1. The maximum atomic E-state index is 12.1. The number of amides is 1. The van der Waals surface area contributed by atoms with E-state index >= 15 is 0 Å². The molecule has 6 nitrogen and oxygen atoms in total. The van der Waals surface area contributed by atoms with Crippen LogP contribution in [0.4, 0.5) is 4.79 Å². The fraction of sp³-hybridized carbons (Fsp3) is 0.750. The Hall–Kier alpha value is -1.59. The minimum atomic E-state index is -1.28. The van der Waals surface area contributed by atoms with Gasteiger partial charge in [0.05, 0.1) is 6.54 Å². The summed E-state index contributed by atoms with van der Waals surface area (Å²) in [6.07, 6.45) is -0.927. The summed E-state index contributed by atoms with van der Waals surface area (Å²) in [5, 5.41) is 9.10.